The Morgan fingerprint density at radius 3 is 2.71 bits per heavy atom. The van der Waals surface area contributed by atoms with Crippen LogP contribution in [0.4, 0.5) is 11.8 Å². The molecule has 6 nitrogen and oxygen atoms in total. The summed E-state index contributed by atoms with van der Waals surface area (Å²) >= 11 is 6.33. The molecule has 7 heteroatoms. The molecule has 0 saturated heterocycles. The third kappa shape index (κ3) is 3.86. The number of nitrogens with two attached hydrogens (primary N) is 1. The first-order valence-electron chi connectivity index (χ1n) is 11.2. The first kappa shape index (κ1) is 20.5. The van der Waals surface area contributed by atoms with Gasteiger partial charge in [0.25, 0.3) is 0 Å². The number of halogens is 1. The number of nitriles is 1. The molecule has 0 aliphatic heterocycles. The van der Waals surface area contributed by atoms with Crippen LogP contribution in [-0.2, 0) is 0 Å². The molecule has 162 valence electrons. The second-order valence-corrected chi connectivity index (χ2v) is 10.3. The number of nitrogens with zero attached hydrogens (tertiary/aromatic N) is 3. The standard InChI is InChI=1S/C24H29ClN6/c1-14(19-4-2-3-5-20(19)25)30-23-28-12-18(11-26)22(31-23)29-13-24-8-15-6-16(9-24)21(27)17(7-15)10-24/h2-5,12,14-17,21H,6-10,13,27H2,1H3,(H2,28,29,30,31)/t14?,15?,16-,17+,21?,24?. The molecule has 4 aliphatic carbocycles. The molecule has 4 fully saturated rings. The average molecular weight is 437 g/mol. The first-order chi connectivity index (χ1) is 15.0. The summed E-state index contributed by atoms with van der Waals surface area (Å²) in [5, 5.41) is 17.1. The van der Waals surface area contributed by atoms with Crippen LogP contribution in [0.5, 0.6) is 0 Å². The minimum absolute atomic E-state index is 0.0564. The lowest BCUT2D eigenvalue weighted by atomic mass is 9.48. The maximum absolute atomic E-state index is 9.58. The van der Waals surface area contributed by atoms with E-state index in [1.165, 1.54) is 32.1 Å². The van der Waals surface area contributed by atoms with Crippen molar-refractivity contribution in [3.05, 3.63) is 46.6 Å². The second-order valence-electron chi connectivity index (χ2n) is 9.86. The van der Waals surface area contributed by atoms with E-state index >= 15 is 0 Å². The van der Waals surface area contributed by atoms with Crippen LogP contribution in [0, 0.1) is 34.5 Å². The molecule has 4 unspecified atom stereocenters. The van der Waals surface area contributed by atoms with Crippen molar-refractivity contribution in [3.8, 4) is 6.07 Å². The Morgan fingerprint density at radius 1 is 1.26 bits per heavy atom. The highest BCUT2D eigenvalue weighted by molar-refractivity contribution is 6.31. The molecule has 4 saturated carbocycles. The van der Waals surface area contributed by atoms with Gasteiger partial charge < -0.3 is 16.4 Å². The number of hydrogen-bond donors (Lipinski definition) is 3. The zero-order chi connectivity index (χ0) is 21.6. The largest absolute Gasteiger partial charge is 0.368 e. The molecule has 4 N–H and O–H groups in total. The Bertz CT molecular complexity index is 1000. The van der Waals surface area contributed by atoms with Gasteiger partial charge in [-0.2, -0.15) is 10.2 Å². The van der Waals surface area contributed by atoms with Crippen LogP contribution in [-0.4, -0.2) is 22.6 Å². The van der Waals surface area contributed by atoms with Crippen LogP contribution < -0.4 is 16.4 Å². The zero-order valence-electron chi connectivity index (χ0n) is 17.8. The van der Waals surface area contributed by atoms with Gasteiger partial charge in [-0.25, -0.2) is 4.98 Å². The van der Waals surface area contributed by atoms with Gasteiger partial charge in [-0.3, -0.25) is 0 Å². The molecule has 4 aliphatic rings. The van der Waals surface area contributed by atoms with Gasteiger partial charge in [0.15, 0.2) is 0 Å². The monoisotopic (exact) mass is 436 g/mol. The quantitative estimate of drug-likeness (QED) is 0.604. The third-order valence-corrected chi connectivity index (χ3v) is 8.07. The van der Waals surface area contributed by atoms with E-state index in [2.05, 4.69) is 26.7 Å². The van der Waals surface area contributed by atoms with Gasteiger partial charge in [-0.05, 0) is 73.8 Å². The fourth-order valence-corrected chi connectivity index (χ4v) is 6.78. The Labute approximate surface area is 188 Å². The van der Waals surface area contributed by atoms with Crippen molar-refractivity contribution in [1.29, 1.82) is 5.26 Å². The molecule has 1 aromatic heterocycles. The van der Waals surface area contributed by atoms with Crippen LogP contribution in [0.3, 0.4) is 0 Å². The Balaban J connectivity index is 1.32. The lowest BCUT2D eigenvalue weighted by molar-refractivity contribution is -0.0591. The van der Waals surface area contributed by atoms with Gasteiger partial charge in [-0.1, -0.05) is 29.8 Å². The van der Waals surface area contributed by atoms with Crippen molar-refractivity contribution in [2.24, 2.45) is 28.9 Å². The maximum atomic E-state index is 9.58. The van der Waals surface area contributed by atoms with Crippen molar-refractivity contribution in [2.45, 2.75) is 51.1 Å². The Morgan fingerprint density at radius 2 is 2.00 bits per heavy atom. The molecular formula is C24H29ClN6. The number of aromatic nitrogens is 2. The van der Waals surface area contributed by atoms with Crippen molar-refractivity contribution in [2.75, 3.05) is 17.2 Å². The minimum atomic E-state index is -0.0564. The smallest absolute Gasteiger partial charge is 0.225 e. The van der Waals surface area contributed by atoms with Crippen molar-refractivity contribution < 1.29 is 0 Å². The molecule has 4 bridgehead atoms. The molecule has 1 heterocycles. The molecule has 0 amide bonds. The highest BCUT2D eigenvalue weighted by Crippen LogP contribution is 2.59. The number of rotatable bonds is 6. The summed E-state index contributed by atoms with van der Waals surface area (Å²) < 4.78 is 0. The lowest BCUT2D eigenvalue weighted by Gasteiger charge is -2.59. The van der Waals surface area contributed by atoms with E-state index < -0.39 is 0 Å². The Hall–Kier alpha value is -2.36. The summed E-state index contributed by atoms with van der Waals surface area (Å²) in [6.45, 7) is 2.86. The van der Waals surface area contributed by atoms with Crippen molar-refractivity contribution in [1.82, 2.24) is 9.97 Å². The normalized spacial score (nSPS) is 31.8. The molecule has 0 radical (unpaired) electrons. The summed E-state index contributed by atoms with van der Waals surface area (Å²) in [5.41, 5.74) is 8.23. The summed E-state index contributed by atoms with van der Waals surface area (Å²) in [4.78, 5) is 8.99. The van der Waals surface area contributed by atoms with Crippen molar-refractivity contribution >= 4 is 23.4 Å². The van der Waals surface area contributed by atoms with E-state index in [4.69, 9.17) is 17.3 Å². The number of nitrogens with one attached hydrogen (secondary N) is 2. The topological polar surface area (TPSA) is 99.7 Å². The molecule has 6 atom stereocenters. The first-order valence-corrected chi connectivity index (χ1v) is 11.6. The van der Waals surface area contributed by atoms with E-state index in [-0.39, 0.29) is 11.5 Å². The number of anilines is 2. The maximum Gasteiger partial charge on any atom is 0.225 e. The van der Waals surface area contributed by atoms with E-state index in [1.54, 1.807) is 6.20 Å². The number of benzene rings is 1. The molecule has 31 heavy (non-hydrogen) atoms. The third-order valence-electron chi connectivity index (χ3n) is 7.73. The van der Waals surface area contributed by atoms with Crippen LogP contribution in [0.1, 0.15) is 56.2 Å². The fraction of sp³-hybridized carbons (Fsp3) is 0.542. The van der Waals surface area contributed by atoms with Gasteiger partial charge in [0.2, 0.25) is 5.95 Å². The lowest BCUT2D eigenvalue weighted by Crippen LogP contribution is -2.58. The van der Waals surface area contributed by atoms with E-state index in [0.29, 0.717) is 40.2 Å². The van der Waals surface area contributed by atoms with Gasteiger partial charge in [-0.15, -0.1) is 0 Å². The van der Waals surface area contributed by atoms with Gasteiger partial charge in [0, 0.05) is 17.6 Å². The highest BCUT2D eigenvalue weighted by atomic mass is 35.5. The second kappa shape index (κ2) is 7.96. The van der Waals surface area contributed by atoms with Crippen LogP contribution in [0.2, 0.25) is 5.02 Å². The van der Waals surface area contributed by atoms with Gasteiger partial charge >= 0.3 is 0 Å². The molecule has 6 rings (SSSR count). The molecule has 1 aromatic carbocycles. The highest BCUT2D eigenvalue weighted by Gasteiger charge is 2.54. The van der Waals surface area contributed by atoms with Crippen LogP contribution >= 0.6 is 11.6 Å². The van der Waals surface area contributed by atoms with E-state index in [9.17, 15) is 5.26 Å². The van der Waals surface area contributed by atoms with Crippen LogP contribution in [0.25, 0.3) is 0 Å². The predicted molar refractivity (Wildman–Crippen MR) is 123 cm³/mol. The van der Waals surface area contributed by atoms with Gasteiger partial charge in [0.1, 0.15) is 17.5 Å². The SMILES string of the molecule is CC(Nc1ncc(C#N)c(NCC23CC4C[C@H](C2)C(N)[C@@H](C4)C3)n1)c1ccccc1Cl. The zero-order valence-corrected chi connectivity index (χ0v) is 18.6. The predicted octanol–water partition coefficient (Wildman–Crippen LogP) is 4.74. The fourth-order valence-electron chi connectivity index (χ4n) is 6.49. The summed E-state index contributed by atoms with van der Waals surface area (Å²) in [5.74, 6) is 3.21. The van der Waals surface area contributed by atoms with Crippen LogP contribution in [0.15, 0.2) is 30.5 Å². The summed E-state index contributed by atoms with van der Waals surface area (Å²) in [6, 6.07) is 10.3. The van der Waals surface area contributed by atoms with E-state index in [1.807, 2.05) is 31.2 Å². The molecular weight excluding hydrogens is 408 g/mol. The summed E-state index contributed by atoms with van der Waals surface area (Å²) in [7, 11) is 0. The minimum Gasteiger partial charge on any atom is -0.368 e. The van der Waals surface area contributed by atoms with Gasteiger partial charge in [0.05, 0.1) is 12.2 Å². The summed E-state index contributed by atoms with van der Waals surface area (Å²) in [6.07, 6.45) is 7.83. The average Bonchev–Trinajstić information content (AvgIpc) is 2.76. The van der Waals surface area contributed by atoms with Crippen molar-refractivity contribution in [3.63, 3.8) is 0 Å². The Kier molecular flexibility index (Phi) is 5.27. The molecule has 0 spiro atoms. The molecule has 2 aromatic rings. The number of hydrogen-bond acceptors (Lipinski definition) is 6. The van der Waals surface area contributed by atoms with E-state index in [0.717, 1.165) is 18.0 Å².